The van der Waals surface area contributed by atoms with Gasteiger partial charge in [-0.05, 0) is 31.6 Å². The van der Waals surface area contributed by atoms with Gasteiger partial charge < -0.3 is 33.8 Å². The predicted octanol–water partition coefficient (Wildman–Crippen LogP) is 14.7. The van der Waals surface area contributed by atoms with Crippen LogP contribution in [0.15, 0.2) is 0 Å². The number of rotatable bonds is 56. The average Bonchev–Trinajstić information content (AvgIpc) is 3.37. The lowest BCUT2D eigenvalue weighted by molar-refractivity contribution is -0.161. The number of aliphatic hydroxyl groups is 1. The molecule has 0 aliphatic rings. The number of aliphatic hydroxyl groups excluding tert-OH is 1. The molecular weight excluding hydrogens is 1010 g/mol. The van der Waals surface area contributed by atoms with Crippen molar-refractivity contribution >= 4 is 39.5 Å². The molecule has 0 saturated carbocycles. The Morgan fingerprint density at radius 3 is 0.907 bits per heavy atom. The lowest BCUT2D eigenvalue weighted by Crippen LogP contribution is -2.30. The Labute approximate surface area is 454 Å². The van der Waals surface area contributed by atoms with Crippen LogP contribution in [0.2, 0.25) is 0 Å². The minimum absolute atomic E-state index is 0.103. The maximum Gasteiger partial charge on any atom is 0.472 e. The highest BCUT2D eigenvalue weighted by Crippen LogP contribution is 2.45. The van der Waals surface area contributed by atoms with Gasteiger partial charge in [0.15, 0.2) is 12.2 Å². The Balaban J connectivity index is 5.18. The Kier molecular flexibility index (Phi) is 49.0. The zero-order valence-corrected chi connectivity index (χ0v) is 49.5. The number of unbranched alkanes of at least 4 members (excludes halogenated alkanes) is 28. The molecule has 0 aliphatic carbocycles. The molecule has 0 aromatic heterocycles. The van der Waals surface area contributed by atoms with Crippen LogP contribution in [-0.4, -0.2) is 96.7 Å². The zero-order valence-electron chi connectivity index (χ0n) is 47.7. The number of esters is 4. The van der Waals surface area contributed by atoms with E-state index in [9.17, 15) is 43.2 Å². The first-order valence-corrected chi connectivity index (χ1v) is 32.6. The van der Waals surface area contributed by atoms with Gasteiger partial charge in [0, 0.05) is 25.7 Å². The van der Waals surface area contributed by atoms with Crippen LogP contribution in [0.25, 0.3) is 0 Å². The van der Waals surface area contributed by atoms with E-state index in [1.807, 2.05) is 0 Å². The Bertz CT molecular complexity index is 1480. The van der Waals surface area contributed by atoms with E-state index in [0.717, 1.165) is 96.3 Å². The number of hydrogen-bond acceptors (Lipinski definition) is 15. The lowest BCUT2D eigenvalue weighted by Gasteiger charge is -2.21. The summed E-state index contributed by atoms with van der Waals surface area (Å²) in [6.07, 6.45) is 31.1. The van der Waals surface area contributed by atoms with Crippen LogP contribution in [0.4, 0.5) is 0 Å². The smallest absolute Gasteiger partial charge is 0.462 e. The quantitative estimate of drug-likeness (QED) is 0.0222. The van der Waals surface area contributed by atoms with Crippen molar-refractivity contribution in [1.82, 2.24) is 0 Å². The first kappa shape index (κ1) is 73.1. The first-order valence-electron chi connectivity index (χ1n) is 29.6. The normalized spacial score (nSPS) is 14.5. The van der Waals surface area contributed by atoms with Gasteiger partial charge in [-0.1, -0.05) is 221 Å². The summed E-state index contributed by atoms with van der Waals surface area (Å²) in [5.74, 6) is -1.46. The van der Waals surface area contributed by atoms with E-state index in [2.05, 4.69) is 34.6 Å². The molecule has 0 saturated heterocycles. The molecule has 0 bridgehead atoms. The van der Waals surface area contributed by atoms with Crippen molar-refractivity contribution in [2.45, 2.75) is 291 Å². The number of phosphoric ester groups is 2. The van der Waals surface area contributed by atoms with E-state index >= 15 is 0 Å². The molecule has 0 aliphatic heterocycles. The molecule has 0 amide bonds. The van der Waals surface area contributed by atoms with Gasteiger partial charge in [-0.25, -0.2) is 9.13 Å². The van der Waals surface area contributed by atoms with Crippen molar-refractivity contribution in [3.8, 4) is 0 Å². The topological polar surface area (TPSA) is 237 Å². The van der Waals surface area contributed by atoms with Crippen LogP contribution in [0.5, 0.6) is 0 Å². The second-order valence-corrected chi connectivity index (χ2v) is 23.7. The molecule has 3 N–H and O–H groups in total. The lowest BCUT2D eigenvalue weighted by atomic mass is 10.0. The highest BCUT2D eigenvalue weighted by molar-refractivity contribution is 7.47. The maximum absolute atomic E-state index is 12.9. The second kappa shape index (κ2) is 50.3. The standard InChI is InChI=1S/C56H108O17P2/c1-6-9-12-15-17-19-21-25-30-35-40-54(59)67-46-52(73-56(61)42-37-32-27-23-24-29-33-38-49(4)5)48-71-75(64,65)69-44-50(57)43-68-74(62,63)70-47-51(45-66-53(58)39-34-28-14-11-8-3)72-55(60)41-36-31-26-22-20-18-16-13-10-7-2/h49-52,57H,6-48H2,1-5H3,(H,62,63)(H,64,65)/t50-,51+,52+/m0/s1. The number of ether oxygens (including phenoxy) is 4. The zero-order chi connectivity index (χ0) is 55.7. The summed E-state index contributed by atoms with van der Waals surface area (Å²) < 4.78 is 67.4. The van der Waals surface area contributed by atoms with E-state index in [1.165, 1.54) is 89.9 Å². The summed E-state index contributed by atoms with van der Waals surface area (Å²) in [4.78, 5) is 71.5. The van der Waals surface area contributed by atoms with Gasteiger partial charge in [-0.15, -0.1) is 0 Å². The fourth-order valence-corrected chi connectivity index (χ4v) is 9.75. The van der Waals surface area contributed by atoms with E-state index in [-0.39, 0.29) is 25.7 Å². The molecule has 0 heterocycles. The summed E-state index contributed by atoms with van der Waals surface area (Å²) in [6.45, 7) is 6.96. The molecule has 0 aromatic rings. The average molecular weight is 1120 g/mol. The van der Waals surface area contributed by atoms with Gasteiger partial charge in [0.05, 0.1) is 26.4 Å². The third-order valence-electron chi connectivity index (χ3n) is 12.8. The molecule has 444 valence electrons. The van der Waals surface area contributed by atoms with Crippen molar-refractivity contribution in [2.24, 2.45) is 5.92 Å². The number of carbonyl (C=O) groups excluding carboxylic acids is 4. The van der Waals surface area contributed by atoms with Gasteiger partial charge in [0.2, 0.25) is 0 Å². The minimum Gasteiger partial charge on any atom is -0.462 e. The molecule has 0 rings (SSSR count). The second-order valence-electron chi connectivity index (χ2n) is 20.8. The van der Waals surface area contributed by atoms with E-state index in [1.54, 1.807) is 0 Å². The molecule has 0 aromatic carbocycles. The Morgan fingerprint density at radius 1 is 0.360 bits per heavy atom. The summed E-state index contributed by atoms with van der Waals surface area (Å²) in [7, 11) is -9.86. The van der Waals surface area contributed by atoms with Crippen LogP contribution in [-0.2, 0) is 65.4 Å². The molecular formula is C56H108O17P2. The van der Waals surface area contributed by atoms with Crippen molar-refractivity contribution in [2.75, 3.05) is 39.6 Å². The number of hydrogen-bond donors (Lipinski definition) is 3. The fraction of sp³-hybridized carbons (Fsp3) is 0.929. The van der Waals surface area contributed by atoms with Crippen LogP contribution >= 0.6 is 15.6 Å². The van der Waals surface area contributed by atoms with Gasteiger partial charge >= 0.3 is 39.5 Å². The molecule has 0 radical (unpaired) electrons. The first-order chi connectivity index (χ1) is 36.0. The van der Waals surface area contributed by atoms with E-state index < -0.39 is 97.5 Å². The predicted molar refractivity (Wildman–Crippen MR) is 294 cm³/mol. The summed E-state index contributed by atoms with van der Waals surface area (Å²) in [5, 5.41) is 10.5. The maximum atomic E-state index is 12.9. The molecule has 19 heteroatoms. The third kappa shape index (κ3) is 51.3. The molecule has 17 nitrogen and oxygen atoms in total. The van der Waals surface area contributed by atoms with Crippen molar-refractivity contribution in [1.29, 1.82) is 0 Å². The Hall–Kier alpha value is -1.94. The van der Waals surface area contributed by atoms with Gasteiger partial charge in [-0.3, -0.25) is 37.3 Å². The highest BCUT2D eigenvalue weighted by Gasteiger charge is 2.30. The highest BCUT2D eigenvalue weighted by atomic mass is 31.2. The largest absolute Gasteiger partial charge is 0.472 e. The van der Waals surface area contributed by atoms with Crippen molar-refractivity contribution < 1.29 is 80.2 Å². The van der Waals surface area contributed by atoms with Crippen LogP contribution in [0.1, 0.15) is 272 Å². The van der Waals surface area contributed by atoms with Crippen molar-refractivity contribution in [3.63, 3.8) is 0 Å². The van der Waals surface area contributed by atoms with Crippen LogP contribution in [0.3, 0.4) is 0 Å². The van der Waals surface area contributed by atoms with Gasteiger partial charge in [-0.2, -0.15) is 0 Å². The van der Waals surface area contributed by atoms with Gasteiger partial charge in [0.25, 0.3) is 0 Å². The molecule has 5 atom stereocenters. The van der Waals surface area contributed by atoms with Crippen molar-refractivity contribution in [3.05, 3.63) is 0 Å². The third-order valence-corrected chi connectivity index (χ3v) is 14.7. The SMILES string of the molecule is CCCCCCCCCCCCC(=O)OC[C@H](COP(=O)(O)OC[C@@H](O)COP(=O)(O)OC[C@@H](COC(=O)CCCCCCC)OC(=O)CCCCCCCCCCCC)OC(=O)CCCCCCCCCC(C)C. The molecule has 75 heavy (non-hydrogen) atoms. The summed E-state index contributed by atoms with van der Waals surface area (Å²) in [5.41, 5.74) is 0. The summed E-state index contributed by atoms with van der Waals surface area (Å²) in [6, 6.07) is 0. The molecule has 2 unspecified atom stereocenters. The van der Waals surface area contributed by atoms with Crippen LogP contribution < -0.4 is 0 Å². The fourth-order valence-electron chi connectivity index (χ4n) is 8.17. The molecule has 0 spiro atoms. The van der Waals surface area contributed by atoms with Crippen LogP contribution in [0, 0.1) is 5.92 Å². The summed E-state index contributed by atoms with van der Waals surface area (Å²) >= 11 is 0. The number of phosphoric acid groups is 2. The monoisotopic (exact) mass is 1110 g/mol. The van der Waals surface area contributed by atoms with E-state index in [4.69, 9.17) is 37.0 Å². The van der Waals surface area contributed by atoms with Gasteiger partial charge in [0.1, 0.15) is 19.3 Å². The number of carbonyl (C=O) groups is 4. The minimum atomic E-state index is -4.93. The molecule has 0 fully saturated rings. The Morgan fingerprint density at radius 2 is 0.613 bits per heavy atom. The van der Waals surface area contributed by atoms with E-state index in [0.29, 0.717) is 31.6 Å².